The van der Waals surface area contributed by atoms with E-state index < -0.39 is 0 Å². The highest BCUT2D eigenvalue weighted by atomic mass is 16.5. The van der Waals surface area contributed by atoms with Crippen LogP contribution in [-0.4, -0.2) is 63.0 Å². The summed E-state index contributed by atoms with van der Waals surface area (Å²) >= 11 is 0. The first kappa shape index (κ1) is 24.8. The fraction of sp³-hybridized carbons (Fsp3) is 0.556. The second kappa shape index (κ2) is 11.0. The van der Waals surface area contributed by atoms with Gasteiger partial charge in [0.05, 0.1) is 13.3 Å². The smallest absolute Gasteiger partial charge is 0.136 e. The van der Waals surface area contributed by atoms with Gasteiger partial charge in [0.25, 0.3) is 0 Å². The van der Waals surface area contributed by atoms with Crippen LogP contribution in [0.3, 0.4) is 0 Å². The standard InChI is InChI=1S/C27H42N6O/c1-5-6-16-32-24-11-8-7-10-21(24)26(28)33(27(32)29)20-14-17-31(18-15-20)19-22-23(30(2)3)12-9-13-25(22)34-4/h7-13,20,26-27H,5-6,14-19,28-29H2,1-4H3. The number of likely N-dealkylation sites (tertiary alicyclic amines) is 1. The van der Waals surface area contributed by atoms with Crippen molar-refractivity contribution in [3.05, 3.63) is 53.6 Å². The van der Waals surface area contributed by atoms with Crippen molar-refractivity contribution in [2.75, 3.05) is 50.6 Å². The molecule has 2 unspecified atom stereocenters. The number of ether oxygens (including phenoxy) is 1. The maximum atomic E-state index is 6.89. The van der Waals surface area contributed by atoms with Crippen molar-refractivity contribution < 1.29 is 4.74 Å². The van der Waals surface area contributed by atoms with Gasteiger partial charge in [0.1, 0.15) is 12.0 Å². The van der Waals surface area contributed by atoms with Gasteiger partial charge >= 0.3 is 0 Å². The van der Waals surface area contributed by atoms with E-state index in [1.807, 2.05) is 0 Å². The molecule has 2 aliphatic rings. The summed E-state index contributed by atoms with van der Waals surface area (Å²) in [7, 11) is 5.93. The van der Waals surface area contributed by atoms with Crippen LogP contribution in [0, 0.1) is 0 Å². The molecule has 0 aliphatic carbocycles. The zero-order valence-corrected chi connectivity index (χ0v) is 21.3. The second-order valence-electron chi connectivity index (χ2n) is 9.77. The Labute approximate surface area is 205 Å². The van der Waals surface area contributed by atoms with Crippen molar-refractivity contribution in [1.29, 1.82) is 0 Å². The molecule has 0 aromatic heterocycles. The summed E-state index contributed by atoms with van der Waals surface area (Å²) in [4.78, 5) is 9.42. The van der Waals surface area contributed by atoms with Crippen molar-refractivity contribution in [1.82, 2.24) is 9.80 Å². The Bertz CT molecular complexity index is 942. The molecule has 0 bridgehead atoms. The number of unbranched alkanes of at least 4 members (excludes halogenated alkanes) is 1. The predicted octanol–water partition coefficient (Wildman–Crippen LogP) is 3.55. The van der Waals surface area contributed by atoms with Gasteiger partial charge in [-0.2, -0.15) is 0 Å². The van der Waals surface area contributed by atoms with Crippen LogP contribution < -0.4 is 26.0 Å². The second-order valence-corrected chi connectivity index (χ2v) is 9.77. The van der Waals surface area contributed by atoms with E-state index in [0.29, 0.717) is 6.04 Å². The molecule has 2 atom stereocenters. The maximum absolute atomic E-state index is 6.89. The van der Waals surface area contributed by atoms with E-state index in [1.165, 1.54) is 22.5 Å². The van der Waals surface area contributed by atoms with E-state index in [4.69, 9.17) is 16.2 Å². The Morgan fingerprint density at radius 1 is 1.03 bits per heavy atom. The molecule has 0 saturated carbocycles. The van der Waals surface area contributed by atoms with Gasteiger partial charge in [0, 0.05) is 55.7 Å². The number of anilines is 2. The lowest BCUT2D eigenvalue weighted by molar-refractivity contribution is 0.0284. The van der Waals surface area contributed by atoms with Gasteiger partial charge in [-0.3, -0.25) is 10.6 Å². The number of para-hydroxylation sites is 1. The van der Waals surface area contributed by atoms with E-state index >= 15 is 0 Å². The summed E-state index contributed by atoms with van der Waals surface area (Å²) in [5, 5.41) is 0. The first-order valence-corrected chi connectivity index (χ1v) is 12.7. The lowest BCUT2D eigenvalue weighted by Crippen LogP contribution is -2.64. The molecule has 0 amide bonds. The number of hydrogen-bond donors (Lipinski definition) is 2. The predicted molar refractivity (Wildman–Crippen MR) is 141 cm³/mol. The number of fused-ring (bicyclic) bond motifs is 1. The van der Waals surface area contributed by atoms with Crippen molar-refractivity contribution >= 4 is 11.4 Å². The van der Waals surface area contributed by atoms with Crippen LogP contribution in [0.15, 0.2) is 42.5 Å². The number of nitrogens with two attached hydrogens (primary N) is 2. The van der Waals surface area contributed by atoms with Crippen molar-refractivity contribution in [3.8, 4) is 5.75 Å². The molecular weight excluding hydrogens is 424 g/mol. The van der Waals surface area contributed by atoms with Crippen LogP contribution in [-0.2, 0) is 6.54 Å². The summed E-state index contributed by atoms with van der Waals surface area (Å²) in [6.45, 7) is 6.10. The van der Waals surface area contributed by atoms with E-state index in [2.05, 4.69) is 83.1 Å². The molecule has 2 aromatic rings. The van der Waals surface area contributed by atoms with Crippen LogP contribution >= 0.6 is 0 Å². The molecule has 7 nitrogen and oxygen atoms in total. The summed E-state index contributed by atoms with van der Waals surface area (Å²) < 4.78 is 5.70. The number of piperidine rings is 1. The number of nitrogens with zero attached hydrogens (tertiary/aromatic N) is 4. The quantitative estimate of drug-likeness (QED) is 0.616. The zero-order chi connectivity index (χ0) is 24.2. The molecule has 1 saturated heterocycles. The number of benzene rings is 2. The van der Waals surface area contributed by atoms with E-state index in [9.17, 15) is 0 Å². The van der Waals surface area contributed by atoms with Gasteiger partial charge in [-0.15, -0.1) is 0 Å². The van der Waals surface area contributed by atoms with Gasteiger partial charge in [-0.25, -0.2) is 4.90 Å². The average Bonchev–Trinajstić information content (AvgIpc) is 2.85. The summed E-state index contributed by atoms with van der Waals surface area (Å²) in [6.07, 6.45) is 4.01. The van der Waals surface area contributed by atoms with Crippen molar-refractivity contribution in [2.45, 2.75) is 57.6 Å². The molecule has 2 aromatic carbocycles. The van der Waals surface area contributed by atoms with Crippen LogP contribution in [0.25, 0.3) is 0 Å². The molecule has 4 rings (SSSR count). The van der Waals surface area contributed by atoms with Gasteiger partial charge in [-0.05, 0) is 50.6 Å². The summed E-state index contributed by atoms with van der Waals surface area (Å²) in [5.74, 6) is 0.955. The molecule has 2 heterocycles. The molecule has 34 heavy (non-hydrogen) atoms. The molecule has 1 fully saturated rings. The molecule has 186 valence electrons. The first-order chi connectivity index (χ1) is 16.5. The van der Waals surface area contributed by atoms with Gasteiger partial charge < -0.3 is 20.3 Å². The third kappa shape index (κ3) is 4.89. The van der Waals surface area contributed by atoms with Crippen LogP contribution in [0.1, 0.15) is 49.9 Å². The topological polar surface area (TPSA) is 74.2 Å². The molecule has 2 aliphatic heterocycles. The first-order valence-electron chi connectivity index (χ1n) is 12.7. The minimum absolute atomic E-state index is 0.171. The van der Waals surface area contributed by atoms with Crippen LogP contribution in [0.4, 0.5) is 11.4 Å². The third-order valence-electron chi connectivity index (χ3n) is 7.43. The average molecular weight is 467 g/mol. The van der Waals surface area contributed by atoms with Gasteiger partial charge in [-0.1, -0.05) is 37.6 Å². The number of hydrogen-bond acceptors (Lipinski definition) is 7. The largest absolute Gasteiger partial charge is 0.496 e. The minimum atomic E-state index is -0.192. The molecule has 4 N–H and O–H groups in total. The molecule has 7 heteroatoms. The van der Waals surface area contributed by atoms with Gasteiger partial charge in [0.15, 0.2) is 0 Å². The Hall–Kier alpha value is -2.32. The summed E-state index contributed by atoms with van der Waals surface area (Å²) in [6, 6.07) is 15.2. The lowest BCUT2D eigenvalue weighted by atomic mass is 9.97. The fourth-order valence-corrected chi connectivity index (χ4v) is 5.57. The Balaban J connectivity index is 1.48. The molecule has 0 radical (unpaired) electrons. The lowest BCUT2D eigenvalue weighted by Gasteiger charge is -2.51. The Kier molecular flexibility index (Phi) is 7.99. The zero-order valence-electron chi connectivity index (χ0n) is 21.3. The van der Waals surface area contributed by atoms with E-state index in [1.54, 1.807) is 7.11 Å². The highest BCUT2D eigenvalue weighted by Crippen LogP contribution is 2.38. The monoisotopic (exact) mass is 466 g/mol. The van der Waals surface area contributed by atoms with Crippen molar-refractivity contribution in [2.24, 2.45) is 11.5 Å². The van der Waals surface area contributed by atoms with Gasteiger partial charge in [0.2, 0.25) is 0 Å². The Morgan fingerprint density at radius 3 is 2.44 bits per heavy atom. The number of methoxy groups -OCH3 is 1. The minimum Gasteiger partial charge on any atom is -0.496 e. The van der Waals surface area contributed by atoms with E-state index in [-0.39, 0.29) is 12.5 Å². The van der Waals surface area contributed by atoms with Crippen molar-refractivity contribution in [3.63, 3.8) is 0 Å². The maximum Gasteiger partial charge on any atom is 0.136 e. The third-order valence-corrected chi connectivity index (χ3v) is 7.43. The fourth-order valence-electron chi connectivity index (χ4n) is 5.57. The number of rotatable bonds is 8. The normalized spacial score (nSPS) is 22.0. The highest BCUT2D eigenvalue weighted by molar-refractivity contribution is 5.59. The van der Waals surface area contributed by atoms with Crippen LogP contribution in [0.5, 0.6) is 5.75 Å². The summed E-state index contributed by atoms with van der Waals surface area (Å²) in [5.41, 5.74) is 18.6. The molecule has 0 spiro atoms. The van der Waals surface area contributed by atoms with Crippen LogP contribution in [0.2, 0.25) is 0 Å². The Morgan fingerprint density at radius 2 is 1.76 bits per heavy atom. The SMILES string of the molecule is CCCCN1c2ccccc2C(N)N(C2CCN(Cc3c(OC)cccc3N(C)C)CC2)C1N. The van der Waals surface area contributed by atoms with E-state index in [0.717, 1.165) is 57.6 Å². The molecular formula is C27H42N6O. The highest BCUT2D eigenvalue weighted by Gasteiger charge is 2.40.